The molecule has 252 valence electrons. The number of hydrogen-bond acceptors (Lipinski definition) is 7. The molecule has 7 nitrogen and oxygen atoms in total. The highest BCUT2D eigenvalue weighted by molar-refractivity contribution is 7.91. The number of rotatable bonds is 8. The second-order valence-corrected chi connectivity index (χ2v) is 17.1. The van der Waals surface area contributed by atoms with E-state index in [-0.39, 0.29) is 35.1 Å². The van der Waals surface area contributed by atoms with Gasteiger partial charge in [-0.15, -0.1) is 11.3 Å². The SMILES string of the molecule is CC1=CCCC2(C)C(CCC2(O)CN(CC2CCCO2)S(=O)(=O)c2cccs2)c2ccc(cc2C(=O)c2ccccc2)CC(O)CC1. The fourth-order valence-electron chi connectivity index (χ4n) is 8.03. The molecule has 3 aliphatic carbocycles. The summed E-state index contributed by atoms with van der Waals surface area (Å²) < 4.78 is 35.9. The zero-order valence-corrected chi connectivity index (χ0v) is 29.1. The van der Waals surface area contributed by atoms with Crippen molar-refractivity contribution in [2.24, 2.45) is 5.41 Å². The molecule has 2 aromatic carbocycles. The Balaban J connectivity index is 1.44. The summed E-state index contributed by atoms with van der Waals surface area (Å²) >= 11 is 1.19. The number of ether oxygens (including phenoxy) is 1. The number of hydrogen-bond donors (Lipinski definition) is 2. The number of sulfonamides is 1. The molecule has 9 heteroatoms. The van der Waals surface area contributed by atoms with E-state index in [1.165, 1.54) is 21.2 Å². The Morgan fingerprint density at radius 2 is 1.87 bits per heavy atom. The molecule has 2 heterocycles. The van der Waals surface area contributed by atoms with E-state index >= 15 is 0 Å². The summed E-state index contributed by atoms with van der Waals surface area (Å²) in [4.78, 5) is 14.2. The first kappa shape index (κ1) is 34.2. The summed E-state index contributed by atoms with van der Waals surface area (Å²) in [5, 5.41) is 25.5. The molecule has 0 radical (unpaired) electrons. The van der Waals surface area contributed by atoms with E-state index in [9.17, 15) is 23.4 Å². The minimum absolute atomic E-state index is 0.0466. The Morgan fingerprint density at radius 3 is 2.60 bits per heavy atom. The average Bonchev–Trinajstić information content (AvgIpc) is 3.83. The number of carbonyl (C=O) groups is 1. The van der Waals surface area contributed by atoms with Crippen LogP contribution in [0.4, 0.5) is 0 Å². The number of ketones is 1. The number of aliphatic hydroxyl groups excluding tert-OH is 1. The monoisotopic (exact) mass is 677 g/mol. The molecule has 7 rings (SSSR count). The van der Waals surface area contributed by atoms with Crippen molar-refractivity contribution >= 4 is 27.1 Å². The van der Waals surface area contributed by atoms with Crippen molar-refractivity contribution in [1.29, 1.82) is 0 Å². The van der Waals surface area contributed by atoms with E-state index in [4.69, 9.17) is 4.74 Å². The molecule has 47 heavy (non-hydrogen) atoms. The topological polar surface area (TPSA) is 104 Å². The lowest BCUT2D eigenvalue weighted by Gasteiger charge is -2.46. The highest BCUT2D eigenvalue weighted by Gasteiger charge is 2.58. The minimum Gasteiger partial charge on any atom is -0.393 e. The molecule has 0 amide bonds. The molecule has 5 atom stereocenters. The number of aliphatic hydroxyl groups is 2. The van der Waals surface area contributed by atoms with Crippen molar-refractivity contribution in [2.75, 3.05) is 19.7 Å². The van der Waals surface area contributed by atoms with E-state index in [0.717, 1.165) is 30.4 Å². The van der Waals surface area contributed by atoms with Gasteiger partial charge in [-0.25, -0.2) is 8.42 Å². The van der Waals surface area contributed by atoms with Crippen molar-refractivity contribution < 1.29 is 28.2 Å². The molecule has 3 aromatic rings. The molecule has 1 aromatic heterocycles. The first-order chi connectivity index (χ1) is 22.5. The Labute approximate surface area is 283 Å². The summed E-state index contributed by atoms with van der Waals surface area (Å²) in [5.74, 6) is -0.280. The van der Waals surface area contributed by atoms with E-state index in [1.807, 2.05) is 48.5 Å². The van der Waals surface area contributed by atoms with Crippen molar-refractivity contribution in [2.45, 2.75) is 99.6 Å². The highest BCUT2D eigenvalue weighted by Crippen LogP contribution is 2.59. The van der Waals surface area contributed by atoms with Crippen molar-refractivity contribution in [3.63, 3.8) is 0 Å². The fourth-order valence-corrected chi connectivity index (χ4v) is 10.7. The van der Waals surface area contributed by atoms with Crippen LogP contribution in [0.2, 0.25) is 0 Å². The van der Waals surface area contributed by atoms with Crippen LogP contribution >= 0.6 is 11.3 Å². The summed E-state index contributed by atoms with van der Waals surface area (Å²) in [6, 6.07) is 18.6. The zero-order chi connectivity index (χ0) is 33.2. The minimum atomic E-state index is -3.88. The zero-order valence-electron chi connectivity index (χ0n) is 27.4. The van der Waals surface area contributed by atoms with Crippen LogP contribution in [0.25, 0.3) is 0 Å². The van der Waals surface area contributed by atoms with Crippen molar-refractivity contribution in [3.8, 4) is 0 Å². The lowest BCUT2D eigenvalue weighted by molar-refractivity contribution is -0.0754. The number of benzene rings is 2. The van der Waals surface area contributed by atoms with E-state index in [0.29, 0.717) is 56.3 Å². The van der Waals surface area contributed by atoms with Gasteiger partial charge >= 0.3 is 0 Å². The van der Waals surface area contributed by atoms with Crippen LogP contribution in [0.15, 0.2) is 81.9 Å². The molecule has 1 saturated carbocycles. The first-order valence-corrected chi connectivity index (χ1v) is 19.3. The van der Waals surface area contributed by atoms with Crippen LogP contribution in [0.1, 0.15) is 98.2 Å². The molecule has 1 saturated heterocycles. The third-order valence-corrected chi connectivity index (χ3v) is 14.1. The lowest BCUT2D eigenvalue weighted by Crippen LogP contribution is -2.54. The van der Waals surface area contributed by atoms with Gasteiger partial charge in [0.1, 0.15) is 4.21 Å². The summed E-state index contributed by atoms with van der Waals surface area (Å²) in [5.41, 5.74) is 2.04. The molecule has 5 unspecified atom stereocenters. The second kappa shape index (κ2) is 14.1. The molecule has 4 aliphatic rings. The van der Waals surface area contributed by atoms with Crippen LogP contribution in [-0.4, -0.2) is 66.2 Å². The number of fused-ring (bicyclic) bond motifs is 8. The van der Waals surface area contributed by atoms with Crippen LogP contribution in [0, 0.1) is 5.41 Å². The molecule has 0 spiro atoms. The van der Waals surface area contributed by atoms with Gasteiger partial charge in [-0.05, 0) is 99.3 Å². The van der Waals surface area contributed by atoms with Gasteiger partial charge in [0.05, 0.1) is 17.8 Å². The van der Waals surface area contributed by atoms with Gasteiger partial charge in [-0.3, -0.25) is 4.79 Å². The van der Waals surface area contributed by atoms with Gasteiger partial charge in [-0.2, -0.15) is 4.31 Å². The maximum Gasteiger partial charge on any atom is 0.252 e. The maximum absolute atomic E-state index is 14.2. The van der Waals surface area contributed by atoms with Gasteiger partial charge in [0.25, 0.3) is 10.0 Å². The van der Waals surface area contributed by atoms with E-state index in [2.05, 4.69) is 19.9 Å². The van der Waals surface area contributed by atoms with Gasteiger partial charge in [0.2, 0.25) is 0 Å². The van der Waals surface area contributed by atoms with Gasteiger partial charge in [0.15, 0.2) is 5.78 Å². The fraction of sp³-hybridized carbons (Fsp3) is 0.500. The van der Waals surface area contributed by atoms with Gasteiger partial charge < -0.3 is 14.9 Å². The molecule has 1 aliphatic heterocycles. The van der Waals surface area contributed by atoms with E-state index < -0.39 is 27.1 Å². The molecule has 2 bridgehead atoms. The second-order valence-electron chi connectivity index (χ2n) is 14.0. The predicted molar refractivity (Wildman–Crippen MR) is 185 cm³/mol. The average molecular weight is 678 g/mol. The normalized spacial score (nSPS) is 28.6. The standard InChI is InChI=1S/C38H47NO6S2/c1-27-9-6-19-37(2)34(32-17-15-28(23-30(40)16-14-27)24-33(32)36(41)29-10-4-3-5-11-29)18-20-38(37,42)26-39(25-31-12-7-21-45-31)47(43,44)35-13-8-22-46-35/h3-5,8-11,13,15,17,22,24,30-31,34,40,42H,6-7,12,14,16,18-21,23,25-26H2,1-2H3. The summed E-state index contributed by atoms with van der Waals surface area (Å²) in [6.45, 7) is 4.93. The van der Waals surface area contributed by atoms with E-state index in [1.54, 1.807) is 17.5 Å². The maximum atomic E-state index is 14.2. The third kappa shape index (κ3) is 7.07. The smallest absolute Gasteiger partial charge is 0.252 e. The quantitative estimate of drug-likeness (QED) is 0.199. The molecular weight excluding hydrogens is 631 g/mol. The Bertz CT molecular complexity index is 1680. The third-order valence-electron chi connectivity index (χ3n) is 10.9. The van der Waals surface area contributed by atoms with Gasteiger partial charge in [0, 0.05) is 36.2 Å². The lowest BCUT2D eigenvalue weighted by atomic mass is 9.64. The summed E-state index contributed by atoms with van der Waals surface area (Å²) in [7, 11) is -3.88. The number of carbonyl (C=O) groups excluding carboxylic acids is 1. The van der Waals surface area contributed by atoms with Crippen LogP contribution in [0.3, 0.4) is 0 Å². The largest absolute Gasteiger partial charge is 0.393 e. The van der Waals surface area contributed by atoms with Crippen LogP contribution in [-0.2, 0) is 21.2 Å². The van der Waals surface area contributed by atoms with Crippen LogP contribution in [0.5, 0.6) is 0 Å². The number of thiophene rings is 1. The van der Waals surface area contributed by atoms with Crippen LogP contribution < -0.4 is 0 Å². The van der Waals surface area contributed by atoms with Gasteiger partial charge in [-0.1, -0.05) is 67.1 Å². The molecule has 2 fully saturated rings. The highest BCUT2D eigenvalue weighted by atomic mass is 32.2. The summed E-state index contributed by atoms with van der Waals surface area (Å²) in [6.07, 6.45) is 7.28. The number of allylic oxidation sites excluding steroid dienone is 2. The van der Waals surface area contributed by atoms with Crippen molar-refractivity contribution in [1.82, 2.24) is 4.31 Å². The first-order valence-electron chi connectivity index (χ1n) is 16.9. The Morgan fingerprint density at radius 1 is 1.06 bits per heavy atom. The molecule has 2 N–H and O–H groups in total. The molecular formula is C38H47NO6S2. The Kier molecular flexibility index (Phi) is 10.2. The predicted octanol–water partition coefficient (Wildman–Crippen LogP) is 6.89. The Hall–Kier alpha value is -2.66. The van der Waals surface area contributed by atoms with Crippen molar-refractivity contribution in [3.05, 3.63) is 99.9 Å². The number of nitrogens with zero attached hydrogens (tertiary/aromatic N) is 1.